The van der Waals surface area contributed by atoms with Crippen LogP contribution in [0.25, 0.3) is 0 Å². The molecule has 0 heterocycles. The van der Waals surface area contributed by atoms with Crippen LogP contribution >= 0.6 is 15.9 Å². The van der Waals surface area contributed by atoms with Crippen molar-refractivity contribution in [3.8, 4) is 11.5 Å². The summed E-state index contributed by atoms with van der Waals surface area (Å²) in [5, 5.41) is 2.64. The molecule has 0 aliphatic rings. The monoisotopic (exact) mass is 385 g/mol. The topological polar surface area (TPSA) is 47.6 Å². The largest absolute Gasteiger partial charge is 0.496 e. The van der Waals surface area contributed by atoms with E-state index in [1.165, 1.54) is 7.11 Å². The molecule has 7 heteroatoms. The quantitative estimate of drug-likeness (QED) is 0.828. The number of hydrogen-bond acceptors (Lipinski definition) is 3. The van der Waals surface area contributed by atoms with Gasteiger partial charge in [-0.25, -0.2) is 8.78 Å². The number of benzene rings is 2. The maximum Gasteiger partial charge on any atom is 0.258 e. The van der Waals surface area contributed by atoms with E-state index in [2.05, 4.69) is 21.2 Å². The minimum atomic E-state index is -0.855. The van der Waals surface area contributed by atoms with Crippen molar-refractivity contribution in [1.82, 2.24) is 5.32 Å². The van der Waals surface area contributed by atoms with Gasteiger partial charge in [-0.3, -0.25) is 4.79 Å². The minimum Gasteiger partial charge on any atom is -0.496 e. The summed E-state index contributed by atoms with van der Waals surface area (Å²) in [6.07, 6.45) is 0. The lowest BCUT2D eigenvalue weighted by molar-refractivity contribution is -0.123. The molecule has 1 N–H and O–H groups in total. The molecule has 0 aromatic heterocycles. The van der Waals surface area contributed by atoms with E-state index < -0.39 is 17.5 Å². The third-order valence-corrected chi connectivity index (χ3v) is 3.46. The molecule has 0 unspecified atom stereocenters. The van der Waals surface area contributed by atoms with Gasteiger partial charge in [0, 0.05) is 22.6 Å². The van der Waals surface area contributed by atoms with Crippen LogP contribution in [0.15, 0.2) is 40.9 Å². The first-order valence-corrected chi connectivity index (χ1v) is 7.46. The Morgan fingerprint density at radius 3 is 2.61 bits per heavy atom. The lowest BCUT2D eigenvalue weighted by atomic mass is 10.2. The normalized spacial score (nSPS) is 10.3. The summed E-state index contributed by atoms with van der Waals surface area (Å²) < 4.78 is 37.2. The Morgan fingerprint density at radius 2 is 1.91 bits per heavy atom. The van der Waals surface area contributed by atoms with Gasteiger partial charge in [0.15, 0.2) is 18.2 Å². The lowest BCUT2D eigenvalue weighted by Crippen LogP contribution is -2.28. The summed E-state index contributed by atoms with van der Waals surface area (Å²) >= 11 is 3.34. The zero-order chi connectivity index (χ0) is 16.8. The molecular weight excluding hydrogens is 372 g/mol. The zero-order valence-corrected chi connectivity index (χ0v) is 13.8. The first-order valence-electron chi connectivity index (χ1n) is 6.66. The predicted octanol–water partition coefficient (Wildman–Crippen LogP) is 3.43. The van der Waals surface area contributed by atoms with E-state index >= 15 is 0 Å². The van der Waals surface area contributed by atoms with E-state index in [4.69, 9.17) is 9.47 Å². The van der Waals surface area contributed by atoms with Gasteiger partial charge in [-0.2, -0.15) is 0 Å². The molecule has 0 aliphatic heterocycles. The van der Waals surface area contributed by atoms with E-state index in [9.17, 15) is 13.6 Å². The van der Waals surface area contributed by atoms with Crippen LogP contribution in [0.2, 0.25) is 0 Å². The van der Waals surface area contributed by atoms with Crippen molar-refractivity contribution in [1.29, 1.82) is 0 Å². The SMILES string of the molecule is COc1ccc(Br)cc1CNC(=O)COc1ccc(F)cc1F. The number of carbonyl (C=O) groups is 1. The molecule has 122 valence electrons. The number of amides is 1. The Hall–Kier alpha value is -2.15. The number of carbonyl (C=O) groups excluding carboxylic acids is 1. The summed E-state index contributed by atoms with van der Waals surface area (Å²) in [6, 6.07) is 8.30. The van der Waals surface area contributed by atoms with Crippen LogP contribution < -0.4 is 14.8 Å². The van der Waals surface area contributed by atoms with Gasteiger partial charge in [-0.1, -0.05) is 15.9 Å². The first-order chi connectivity index (χ1) is 11.0. The van der Waals surface area contributed by atoms with Crippen molar-refractivity contribution in [2.24, 2.45) is 0 Å². The number of nitrogens with one attached hydrogen (secondary N) is 1. The summed E-state index contributed by atoms with van der Waals surface area (Å²) in [7, 11) is 1.54. The molecule has 4 nitrogen and oxygen atoms in total. The van der Waals surface area contributed by atoms with Gasteiger partial charge in [0.05, 0.1) is 7.11 Å². The Bertz CT molecular complexity index is 710. The molecule has 2 aromatic carbocycles. The summed E-state index contributed by atoms with van der Waals surface area (Å²) in [5.41, 5.74) is 0.781. The van der Waals surface area contributed by atoms with Crippen molar-refractivity contribution in [3.05, 3.63) is 58.1 Å². The Labute approximate surface area is 140 Å². The number of hydrogen-bond donors (Lipinski definition) is 1. The van der Waals surface area contributed by atoms with Crippen LogP contribution in [0.5, 0.6) is 11.5 Å². The summed E-state index contributed by atoms with van der Waals surface area (Å²) in [5.74, 6) is -1.54. The van der Waals surface area contributed by atoms with Crippen LogP contribution in [-0.4, -0.2) is 19.6 Å². The molecule has 23 heavy (non-hydrogen) atoms. The molecule has 0 fully saturated rings. The first kappa shape index (κ1) is 17.2. The van der Waals surface area contributed by atoms with Gasteiger partial charge in [0.1, 0.15) is 11.6 Å². The fraction of sp³-hybridized carbons (Fsp3) is 0.188. The average Bonchev–Trinajstić information content (AvgIpc) is 2.52. The molecule has 0 atom stereocenters. The van der Waals surface area contributed by atoms with Crippen molar-refractivity contribution in [2.45, 2.75) is 6.54 Å². The van der Waals surface area contributed by atoms with Gasteiger partial charge < -0.3 is 14.8 Å². The second-order valence-electron chi connectivity index (χ2n) is 4.60. The second kappa shape index (κ2) is 7.92. The van der Waals surface area contributed by atoms with E-state index in [1.54, 1.807) is 6.07 Å². The van der Waals surface area contributed by atoms with Crippen LogP contribution in [0, 0.1) is 11.6 Å². The highest BCUT2D eigenvalue weighted by molar-refractivity contribution is 9.10. The van der Waals surface area contributed by atoms with Crippen molar-refractivity contribution < 1.29 is 23.0 Å². The van der Waals surface area contributed by atoms with Crippen molar-refractivity contribution >= 4 is 21.8 Å². The van der Waals surface area contributed by atoms with Gasteiger partial charge in [-0.15, -0.1) is 0 Å². The fourth-order valence-corrected chi connectivity index (χ4v) is 2.27. The highest BCUT2D eigenvalue weighted by atomic mass is 79.9. The smallest absolute Gasteiger partial charge is 0.258 e. The van der Waals surface area contributed by atoms with E-state index in [0.717, 1.165) is 22.2 Å². The van der Waals surface area contributed by atoms with E-state index in [0.29, 0.717) is 11.8 Å². The molecule has 1 amide bonds. The van der Waals surface area contributed by atoms with Crippen LogP contribution in [0.1, 0.15) is 5.56 Å². The second-order valence-corrected chi connectivity index (χ2v) is 5.51. The highest BCUT2D eigenvalue weighted by Crippen LogP contribution is 2.22. The molecule has 0 spiro atoms. The Morgan fingerprint density at radius 1 is 1.17 bits per heavy atom. The zero-order valence-electron chi connectivity index (χ0n) is 12.2. The number of rotatable bonds is 6. The summed E-state index contributed by atoms with van der Waals surface area (Å²) in [6.45, 7) is -0.143. The number of methoxy groups -OCH3 is 1. The van der Waals surface area contributed by atoms with E-state index in [1.807, 2.05) is 12.1 Å². The molecule has 2 aromatic rings. The Balaban J connectivity index is 1.89. The minimum absolute atomic E-state index is 0.179. The third kappa shape index (κ3) is 4.92. The average molecular weight is 386 g/mol. The van der Waals surface area contributed by atoms with Gasteiger partial charge >= 0.3 is 0 Å². The molecular formula is C16H14BrF2NO3. The molecule has 0 radical (unpaired) electrons. The molecule has 0 aliphatic carbocycles. The Kier molecular flexibility index (Phi) is 5.92. The standard InChI is InChI=1S/C16H14BrF2NO3/c1-22-14-4-2-11(17)6-10(14)8-20-16(21)9-23-15-5-3-12(18)7-13(15)19/h2-7H,8-9H2,1H3,(H,20,21). The van der Waals surface area contributed by atoms with Crippen LogP contribution in [0.4, 0.5) is 8.78 Å². The maximum atomic E-state index is 13.4. The number of halogens is 3. The molecule has 2 rings (SSSR count). The van der Waals surface area contributed by atoms with Gasteiger partial charge in [0.25, 0.3) is 5.91 Å². The van der Waals surface area contributed by atoms with Gasteiger partial charge in [-0.05, 0) is 30.3 Å². The molecule has 0 saturated heterocycles. The van der Waals surface area contributed by atoms with E-state index in [-0.39, 0.29) is 18.9 Å². The van der Waals surface area contributed by atoms with Crippen LogP contribution in [-0.2, 0) is 11.3 Å². The lowest BCUT2D eigenvalue weighted by Gasteiger charge is -2.11. The highest BCUT2D eigenvalue weighted by Gasteiger charge is 2.09. The molecule has 0 saturated carbocycles. The van der Waals surface area contributed by atoms with Gasteiger partial charge in [0.2, 0.25) is 0 Å². The maximum absolute atomic E-state index is 13.4. The fourth-order valence-electron chi connectivity index (χ4n) is 1.87. The summed E-state index contributed by atoms with van der Waals surface area (Å²) in [4.78, 5) is 11.8. The number of ether oxygens (including phenoxy) is 2. The van der Waals surface area contributed by atoms with Crippen molar-refractivity contribution in [3.63, 3.8) is 0 Å². The predicted molar refractivity (Wildman–Crippen MR) is 84.4 cm³/mol. The van der Waals surface area contributed by atoms with Crippen LogP contribution in [0.3, 0.4) is 0 Å². The molecule has 0 bridgehead atoms. The van der Waals surface area contributed by atoms with Crippen molar-refractivity contribution in [2.75, 3.05) is 13.7 Å². The third-order valence-electron chi connectivity index (χ3n) is 2.97.